The molecule has 5 nitrogen and oxygen atoms in total. The summed E-state index contributed by atoms with van der Waals surface area (Å²) in [6, 6.07) is 2.02. The van der Waals surface area contributed by atoms with Crippen LogP contribution in [-0.4, -0.2) is 41.1 Å². The van der Waals surface area contributed by atoms with Crippen LogP contribution < -0.4 is 10.5 Å². The Bertz CT molecular complexity index is 312. The molecule has 2 N–H and O–H groups in total. The number of nitrogen functional groups attached to an aromatic ring is 1. The van der Waals surface area contributed by atoms with E-state index in [-0.39, 0.29) is 0 Å². The van der Waals surface area contributed by atoms with Crippen molar-refractivity contribution < 1.29 is 4.74 Å². The molecular formula is C10H16N4O. The molecule has 0 bridgehead atoms. The van der Waals surface area contributed by atoms with Gasteiger partial charge in [-0.1, -0.05) is 0 Å². The molecule has 0 aromatic carbocycles. The van der Waals surface area contributed by atoms with Gasteiger partial charge in [0, 0.05) is 12.7 Å². The molecule has 1 saturated heterocycles. The fraction of sp³-hybridized carbons (Fsp3) is 0.600. The summed E-state index contributed by atoms with van der Waals surface area (Å²) < 4.78 is 5.40. The highest BCUT2D eigenvalue weighted by molar-refractivity contribution is 5.26. The second-order valence-electron chi connectivity index (χ2n) is 3.66. The van der Waals surface area contributed by atoms with E-state index in [9.17, 15) is 0 Å². The van der Waals surface area contributed by atoms with Crippen LogP contribution >= 0.6 is 0 Å². The Hall–Kier alpha value is -1.36. The SMILES string of the molecule is Nc1ccnc(OCCN2CCCC2)n1. The van der Waals surface area contributed by atoms with E-state index in [2.05, 4.69) is 14.9 Å². The lowest BCUT2D eigenvalue weighted by molar-refractivity contribution is 0.225. The van der Waals surface area contributed by atoms with Crippen LogP contribution in [-0.2, 0) is 0 Å². The normalized spacial score (nSPS) is 16.8. The molecule has 0 atom stereocenters. The maximum atomic E-state index is 5.51. The van der Waals surface area contributed by atoms with Crippen molar-refractivity contribution in [2.45, 2.75) is 12.8 Å². The maximum Gasteiger partial charge on any atom is 0.318 e. The number of aromatic nitrogens is 2. The average molecular weight is 208 g/mol. The molecule has 0 radical (unpaired) electrons. The summed E-state index contributed by atoms with van der Waals surface area (Å²) in [5, 5.41) is 0. The van der Waals surface area contributed by atoms with E-state index in [1.165, 1.54) is 25.9 Å². The molecule has 15 heavy (non-hydrogen) atoms. The van der Waals surface area contributed by atoms with Crippen LogP contribution in [0.1, 0.15) is 12.8 Å². The first-order valence-corrected chi connectivity index (χ1v) is 5.28. The number of likely N-dealkylation sites (tertiary alicyclic amines) is 1. The van der Waals surface area contributed by atoms with E-state index in [0.717, 1.165) is 6.54 Å². The number of nitrogens with two attached hydrogens (primary N) is 1. The molecule has 0 amide bonds. The van der Waals surface area contributed by atoms with Gasteiger partial charge in [0.15, 0.2) is 0 Å². The predicted octanol–water partition coefficient (Wildman–Crippen LogP) is 0.533. The Balaban J connectivity index is 1.73. The number of hydrogen-bond acceptors (Lipinski definition) is 5. The predicted molar refractivity (Wildman–Crippen MR) is 57.6 cm³/mol. The largest absolute Gasteiger partial charge is 0.462 e. The van der Waals surface area contributed by atoms with E-state index >= 15 is 0 Å². The fourth-order valence-electron chi connectivity index (χ4n) is 1.70. The van der Waals surface area contributed by atoms with Gasteiger partial charge in [-0.3, -0.25) is 4.90 Å². The zero-order valence-electron chi connectivity index (χ0n) is 8.72. The van der Waals surface area contributed by atoms with Crippen molar-refractivity contribution >= 4 is 5.82 Å². The van der Waals surface area contributed by atoms with Crippen LogP contribution in [0.4, 0.5) is 5.82 Å². The van der Waals surface area contributed by atoms with Crippen molar-refractivity contribution in [1.82, 2.24) is 14.9 Å². The number of rotatable bonds is 4. The molecule has 82 valence electrons. The minimum Gasteiger partial charge on any atom is -0.462 e. The van der Waals surface area contributed by atoms with Gasteiger partial charge in [0.1, 0.15) is 12.4 Å². The molecule has 0 aliphatic carbocycles. The third kappa shape index (κ3) is 3.06. The molecule has 0 unspecified atom stereocenters. The van der Waals surface area contributed by atoms with Crippen molar-refractivity contribution in [3.63, 3.8) is 0 Å². The minimum absolute atomic E-state index is 0.370. The van der Waals surface area contributed by atoms with Crippen molar-refractivity contribution in [2.75, 3.05) is 32.0 Å². The van der Waals surface area contributed by atoms with Gasteiger partial charge < -0.3 is 10.5 Å². The summed E-state index contributed by atoms with van der Waals surface area (Å²) >= 11 is 0. The third-order valence-electron chi connectivity index (χ3n) is 2.49. The van der Waals surface area contributed by atoms with Gasteiger partial charge in [0.05, 0.1) is 0 Å². The first kappa shape index (κ1) is 10.2. The Morgan fingerprint density at radius 2 is 2.20 bits per heavy atom. The lowest BCUT2D eigenvalue weighted by Gasteiger charge is -2.13. The van der Waals surface area contributed by atoms with E-state index in [1.54, 1.807) is 12.3 Å². The van der Waals surface area contributed by atoms with Crippen LogP contribution in [0.3, 0.4) is 0 Å². The third-order valence-corrected chi connectivity index (χ3v) is 2.49. The monoisotopic (exact) mass is 208 g/mol. The summed E-state index contributed by atoms with van der Waals surface area (Å²) in [6.45, 7) is 3.93. The fourth-order valence-corrected chi connectivity index (χ4v) is 1.70. The van der Waals surface area contributed by atoms with Crippen molar-refractivity contribution in [3.8, 4) is 6.01 Å². The number of anilines is 1. The van der Waals surface area contributed by atoms with E-state index in [1.807, 2.05) is 0 Å². The van der Waals surface area contributed by atoms with Crippen molar-refractivity contribution in [1.29, 1.82) is 0 Å². The standard InChI is InChI=1S/C10H16N4O/c11-9-3-4-12-10(13-9)15-8-7-14-5-1-2-6-14/h3-4H,1-2,5-8H2,(H2,11,12,13). The molecule has 1 aromatic heterocycles. The Morgan fingerprint density at radius 1 is 1.40 bits per heavy atom. The molecule has 2 rings (SSSR count). The van der Waals surface area contributed by atoms with Gasteiger partial charge in [-0.25, -0.2) is 4.98 Å². The minimum atomic E-state index is 0.370. The zero-order chi connectivity index (χ0) is 10.5. The van der Waals surface area contributed by atoms with E-state index in [0.29, 0.717) is 18.4 Å². The first-order valence-electron chi connectivity index (χ1n) is 5.28. The highest BCUT2D eigenvalue weighted by Crippen LogP contribution is 2.07. The molecule has 1 fully saturated rings. The average Bonchev–Trinajstić information content (AvgIpc) is 2.71. The molecule has 0 saturated carbocycles. The lowest BCUT2D eigenvalue weighted by Crippen LogP contribution is -2.25. The van der Waals surface area contributed by atoms with Gasteiger partial charge in [-0.2, -0.15) is 4.98 Å². The van der Waals surface area contributed by atoms with Gasteiger partial charge in [-0.15, -0.1) is 0 Å². The Morgan fingerprint density at radius 3 is 2.93 bits per heavy atom. The molecule has 1 aromatic rings. The molecule has 1 aliphatic heterocycles. The van der Waals surface area contributed by atoms with E-state index < -0.39 is 0 Å². The topological polar surface area (TPSA) is 64.3 Å². The number of nitrogens with zero attached hydrogens (tertiary/aromatic N) is 3. The number of hydrogen-bond donors (Lipinski definition) is 1. The van der Waals surface area contributed by atoms with Gasteiger partial charge >= 0.3 is 6.01 Å². The van der Waals surface area contributed by atoms with Crippen LogP contribution in [0, 0.1) is 0 Å². The molecule has 2 heterocycles. The number of ether oxygens (including phenoxy) is 1. The Labute approximate surface area is 89.3 Å². The highest BCUT2D eigenvalue weighted by atomic mass is 16.5. The van der Waals surface area contributed by atoms with Crippen LogP contribution in [0.2, 0.25) is 0 Å². The quantitative estimate of drug-likeness (QED) is 0.782. The van der Waals surface area contributed by atoms with Gasteiger partial charge in [0.2, 0.25) is 0 Å². The van der Waals surface area contributed by atoms with Crippen molar-refractivity contribution in [2.24, 2.45) is 0 Å². The smallest absolute Gasteiger partial charge is 0.318 e. The van der Waals surface area contributed by atoms with Crippen LogP contribution in [0.5, 0.6) is 6.01 Å². The lowest BCUT2D eigenvalue weighted by atomic mass is 10.4. The first-order chi connectivity index (χ1) is 7.34. The second-order valence-corrected chi connectivity index (χ2v) is 3.66. The molecule has 5 heteroatoms. The molecule has 1 aliphatic rings. The van der Waals surface area contributed by atoms with E-state index in [4.69, 9.17) is 10.5 Å². The summed E-state index contributed by atoms with van der Waals surface area (Å²) in [6.07, 6.45) is 4.21. The van der Waals surface area contributed by atoms with Gasteiger partial charge in [-0.05, 0) is 32.0 Å². The second kappa shape index (κ2) is 4.93. The van der Waals surface area contributed by atoms with Crippen molar-refractivity contribution in [3.05, 3.63) is 12.3 Å². The molecular weight excluding hydrogens is 192 g/mol. The highest BCUT2D eigenvalue weighted by Gasteiger charge is 2.10. The maximum absolute atomic E-state index is 5.51. The van der Waals surface area contributed by atoms with Crippen LogP contribution in [0.25, 0.3) is 0 Å². The summed E-state index contributed by atoms with van der Waals surface area (Å²) in [7, 11) is 0. The summed E-state index contributed by atoms with van der Waals surface area (Å²) in [5.74, 6) is 0.446. The Kier molecular flexibility index (Phi) is 3.34. The summed E-state index contributed by atoms with van der Waals surface area (Å²) in [4.78, 5) is 10.3. The van der Waals surface area contributed by atoms with Gasteiger partial charge in [0.25, 0.3) is 0 Å². The molecule has 0 spiro atoms. The van der Waals surface area contributed by atoms with Crippen LogP contribution in [0.15, 0.2) is 12.3 Å². The summed E-state index contributed by atoms with van der Waals surface area (Å²) in [5.41, 5.74) is 5.51. The zero-order valence-corrected chi connectivity index (χ0v) is 8.72.